The molecule has 0 bridgehead atoms. The third-order valence-corrected chi connectivity index (χ3v) is 5.46. The van der Waals surface area contributed by atoms with Crippen LogP contribution in [0.2, 0.25) is 0 Å². The highest BCUT2D eigenvalue weighted by atomic mass is 16.5. The molecule has 3 rings (SSSR count). The Kier molecular flexibility index (Phi) is 5.93. The summed E-state index contributed by atoms with van der Waals surface area (Å²) in [6, 6.07) is 1.61. The topological polar surface area (TPSA) is 88.5 Å². The van der Waals surface area contributed by atoms with E-state index in [1.54, 1.807) is 19.3 Å². The number of nitrogens with zero attached hydrogens (tertiary/aromatic N) is 3. The minimum absolute atomic E-state index is 0.0361. The number of ether oxygens (including phenoxy) is 1. The van der Waals surface area contributed by atoms with Crippen molar-refractivity contribution in [3.63, 3.8) is 0 Å². The molecule has 2 saturated heterocycles. The lowest BCUT2D eigenvalue weighted by atomic mass is 9.80. The van der Waals surface area contributed by atoms with Crippen molar-refractivity contribution in [3.8, 4) is 0 Å². The van der Waals surface area contributed by atoms with E-state index in [1.807, 2.05) is 6.92 Å². The number of aromatic nitrogens is 2. The molecule has 0 saturated carbocycles. The number of hydrogen-bond acceptors (Lipinski definition) is 6. The van der Waals surface area contributed by atoms with Gasteiger partial charge in [-0.15, -0.1) is 0 Å². The van der Waals surface area contributed by atoms with Gasteiger partial charge in [-0.2, -0.15) is 5.10 Å². The Morgan fingerprint density at radius 3 is 2.96 bits per heavy atom. The number of amides is 1. The molecule has 1 aromatic heterocycles. The molecular formula is C18H29N5O3. The van der Waals surface area contributed by atoms with Gasteiger partial charge in [-0.3, -0.25) is 9.59 Å². The van der Waals surface area contributed by atoms with Crippen molar-refractivity contribution in [2.24, 2.45) is 12.5 Å². The predicted molar refractivity (Wildman–Crippen MR) is 99.3 cm³/mol. The van der Waals surface area contributed by atoms with Gasteiger partial charge in [0.15, 0.2) is 0 Å². The summed E-state index contributed by atoms with van der Waals surface area (Å²) in [6.45, 7) is 6.50. The number of hydrogen-bond donors (Lipinski definition) is 2. The van der Waals surface area contributed by atoms with Crippen molar-refractivity contribution >= 4 is 11.6 Å². The van der Waals surface area contributed by atoms with Crippen molar-refractivity contribution in [2.75, 3.05) is 44.2 Å². The number of anilines is 1. The summed E-state index contributed by atoms with van der Waals surface area (Å²) in [7, 11) is 1.64. The highest BCUT2D eigenvalue weighted by Crippen LogP contribution is 2.27. The van der Waals surface area contributed by atoms with Crippen LogP contribution in [-0.2, 0) is 16.6 Å². The van der Waals surface area contributed by atoms with E-state index in [1.165, 1.54) is 4.68 Å². The fraction of sp³-hybridized carbons (Fsp3) is 0.722. The molecule has 0 radical (unpaired) electrons. The lowest BCUT2D eigenvalue weighted by Gasteiger charge is -2.35. The molecule has 2 fully saturated rings. The fourth-order valence-electron chi connectivity index (χ4n) is 3.53. The standard InChI is InChI=1S/C18H29N5O3/c1-18(4-7-19-8-5-18)17(25)20-6-3-15-13-23(9-10-26-15)14-11-16(24)22(2)21-12-14/h11-12,15,19H,3-10,13H2,1-2H3,(H,20,25)/t15-/m1/s1. The third-order valence-electron chi connectivity index (χ3n) is 5.46. The van der Waals surface area contributed by atoms with Crippen molar-refractivity contribution < 1.29 is 9.53 Å². The van der Waals surface area contributed by atoms with Crippen LogP contribution in [0.3, 0.4) is 0 Å². The SMILES string of the molecule is Cn1ncc(N2CCO[C@H](CCNC(=O)C3(C)CCNCC3)C2)cc1=O. The smallest absolute Gasteiger partial charge is 0.268 e. The third kappa shape index (κ3) is 4.42. The molecule has 0 aromatic carbocycles. The quantitative estimate of drug-likeness (QED) is 0.758. The predicted octanol–water partition coefficient (Wildman–Crippen LogP) is -0.118. The Hall–Kier alpha value is -1.93. The van der Waals surface area contributed by atoms with E-state index in [-0.39, 0.29) is 23.0 Å². The fourth-order valence-corrected chi connectivity index (χ4v) is 3.53. The van der Waals surface area contributed by atoms with Crippen molar-refractivity contribution in [3.05, 3.63) is 22.6 Å². The van der Waals surface area contributed by atoms with Crippen LogP contribution in [-0.4, -0.2) is 61.1 Å². The Bertz CT molecular complexity index is 684. The molecule has 2 aliphatic heterocycles. The first kappa shape index (κ1) is 18.8. The number of nitrogens with one attached hydrogen (secondary N) is 2. The highest BCUT2D eigenvalue weighted by Gasteiger charge is 2.34. The van der Waals surface area contributed by atoms with Crippen LogP contribution >= 0.6 is 0 Å². The Balaban J connectivity index is 1.48. The number of aryl methyl sites for hydroxylation is 1. The Morgan fingerprint density at radius 1 is 1.46 bits per heavy atom. The van der Waals surface area contributed by atoms with Crippen molar-refractivity contribution in [1.29, 1.82) is 0 Å². The normalized spacial score (nSPS) is 22.8. The maximum absolute atomic E-state index is 12.5. The van der Waals surface area contributed by atoms with E-state index < -0.39 is 0 Å². The second-order valence-electron chi connectivity index (χ2n) is 7.47. The number of morpholine rings is 1. The number of carbonyl (C=O) groups excluding carboxylic acids is 1. The van der Waals surface area contributed by atoms with E-state index >= 15 is 0 Å². The monoisotopic (exact) mass is 363 g/mol. The lowest BCUT2D eigenvalue weighted by molar-refractivity contribution is -0.131. The van der Waals surface area contributed by atoms with Gasteiger partial charge in [0.05, 0.1) is 24.6 Å². The zero-order chi connectivity index (χ0) is 18.6. The van der Waals surface area contributed by atoms with Gasteiger partial charge in [-0.1, -0.05) is 6.92 Å². The van der Waals surface area contributed by atoms with Crippen LogP contribution in [0, 0.1) is 5.41 Å². The second kappa shape index (κ2) is 8.18. The molecule has 0 aliphatic carbocycles. The highest BCUT2D eigenvalue weighted by molar-refractivity contribution is 5.82. The summed E-state index contributed by atoms with van der Waals surface area (Å²) in [6.07, 6.45) is 4.26. The summed E-state index contributed by atoms with van der Waals surface area (Å²) in [4.78, 5) is 26.4. The van der Waals surface area contributed by atoms with Crippen LogP contribution < -0.4 is 21.1 Å². The van der Waals surface area contributed by atoms with Gasteiger partial charge >= 0.3 is 0 Å². The molecule has 0 unspecified atom stereocenters. The zero-order valence-electron chi connectivity index (χ0n) is 15.7. The van der Waals surface area contributed by atoms with E-state index in [9.17, 15) is 9.59 Å². The Labute approximate surface area is 153 Å². The van der Waals surface area contributed by atoms with E-state index in [2.05, 4.69) is 20.6 Å². The van der Waals surface area contributed by atoms with Gasteiger partial charge in [0, 0.05) is 38.2 Å². The average Bonchev–Trinajstić information content (AvgIpc) is 2.65. The summed E-state index contributed by atoms with van der Waals surface area (Å²) in [5, 5.41) is 10.5. The molecule has 8 heteroatoms. The summed E-state index contributed by atoms with van der Waals surface area (Å²) in [5.74, 6) is 0.141. The van der Waals surface area contributed by atoms with Gasteiger partial charge in [0.25, 0.3) is 5.56 Å². The summed E-state index contributed by atoms with van der Waals surface area (Å²) < 4.78 is 7.15. The minimum Gasteiger partial charge on any atom is -0.374 e. The minimum atomic E-state index is -0.263. The van der Waals surface area contributed by atoms with Gasteiger partial charge in [-0.05, 0) is 32.4 Å². The number of carbonyl (C=O) groups is 1. The first-order valence-corrected chi connectivity index (χ1v) is 9.37. The number of piperidine rings is 1. The molecular weight excluding hydrogens is 334 g/mol. The molecule has 3 heterocycles. The van der Waals surface area contributed by atoms with E-state index in [0.29, 0.717) is 19.7 Å². The molecule has 144 valence electrons. The maximum atomic E-state index is 12.5. The van der Waals surface area contributed by atoms with Crippen molar-refractivity contribution in [2.45, 2.75) is 32.3 Å². The van der Waals surface area contributed by atoms with Gasteiger partial charge in [0.2, 0.25) is 5.91 Å². The molecule has 1 amide bonds. The molecule has 26 heavy (non-hydrogen) atoms. The van der Waals surface area contributed by atoms with Gasteiger partial charge in [-0.25, -0.2) is 4.68 Å². The Morgan fingerprint density at radius 2 is 2.23 bits per heavy atom. The molecule has 1 aromatic rings. The van der Waals surface area contributed by atoms with Gasteiger partial charge in [0.1, 0.15) is 0 Å². The van der Waals surface area contributed by atoms with Crippen LogP contribution in [0.1, 0.15) is 26.2 Å². The second-order valence-corrected chi connectivity index (χ2v) is 7.47. The molecule has 2 N–H and O–H groups in total. The average molecular weight is 363 g/mol. The maximum Gasteiger partial charge on any atom is 0.268 e. The van der Waals surface area contributed by atoms with Gasteiger partial charge < -0.3 is 20.3 Å². The largest absolute Gasteiger partial charge is 0.374 e. The molecule has 1 atom stereocenters. The first-order chi connectivity index (χ1) is 12.5. The summed E-state index contributed by atoms with van der Waals surface area (Å²) in [5.41, 5.74) is 0.446. The van der Waals surface area contributed by atoms with Crippen LogP contribution in [0.4, 0.5) is 5.69 Å². The molecule has 8 nitrogen and oxygen atoms in total. The first-order valence-electron chi connectivity index (χ1n) is 9.37. The van der Waals surface area contributed by atoms with Crippen LogP contribution in [0.15, 0.2) is 17.1 Å². The van der Waals surface area contributed by atoms with E-state index in [4.69, 9.17) is 4.74 Å². The zero-order valence-corrected chi connectivity index (χ0v) is 15.7. The van der Waals surface area contributed by atoms with Crippen LogP contribution in [0.5, 0.6) is 0 Å². The van der Waals surface area contributed by atoms with Crippen molar-refractivity contribution in [1.82, 2.24) is 20.4 Å². The lowest BCUT2D eigenvalue weighted by Crippen LogP contribution is -2.47. The van der Waals surface area contributed by atoms with E-state index in [0.717, 1.165) is 44.6 Å². The molecule has 0 spiro atoms. The van der Waals surface area contributed by atoms with Crippen LogP contribution in [0.25, 0.3) is 0 Å². The number of rotatable bonds is 5. The molecule has 2 aliphatic rings. The summed E-state index contributed by atoms with van der Waals surface area (Å²) >= 11 is 0.